The Morgan fingerprint density at radius 1 is 1.55 bits per heavy atom. The van der Waals surface area contributed by atoms with E-state index in [1.54, 1.807) is 37.9 Å². The third-order valence-electron chi connectivity index (χ3n) is 3.33. The van der Waals surface area contributed by atoms with Crippen molar-refractivity contribution < 1.29 is 14.6 Å². The number of nitrogens with two attached hydrogens (primary N) is 1. The number of aryl methyl sites for hydroxylation is 1. The predicted octanol–water partition coefficient (Wildman–Crippen LogP) is 0.402. The standard InChI is InChI=1S/C13H22N4O3/c1-12(2,3)20-11(18)17-6-13(19,7-17)10(14)9-5-15-8-16(9)4/h5,8,10,19H,6-7,14H2,1-4H3. The zero-order chi connectivity index (χ0) is 15.1. The zero-order valence-corrected chi connectivity index (χ0v) is 12.3. The highest BCUT2D eigenvalue weighted by Crippen LogP contribution is 2.33. The first-order valence-electron chi connectivity index (χ1n) is 6.54. The Hall–Kier alpha value is -1.60. The lowest BCUT2D eigenvalue weighted by atomic mass is 9.85. The maximum Gasteiger partial charge on any atom is 0.410 e. The normalized spacial score (nSPS) is 19.4. The molecular formula is C13H22N4O3. The smallest absolute Gasteiger partial charge is 0.410 e. The van der Waals surface area contributed by atoms with Gasteiger partial charge in [-0.2, -0.15) is 0 Å². The summed E-state index contributed by atoms with van der Waals surface area (Å²) >= 11 is 0. The molecule has 7 heteroatoms. The van der Waals surface area contributed by atoms with Gasteiger partial charge in [-0.05, 0) is 20.8 Å². The van der Waals surface area contributed by atoms with E-state index in [4.69, 9.17) is 10.5 Å². The number of hydrogen-bond donors (Lipinski definition) is 2. The molecule has 1 saturated heterocycles. The minimum absolute atomic E-state index is 0.161. The minimum atomic E-state index is -1.13. The van der Waals surface area contributed by atoms with Gasteiger partial charge in [0, 0.05) is 13.2 Å². The van der Waals surface area contributed by atoms with Crippen LogP contribution in [0.2, 0.25) is 0 Å². The molecule has 1 aliphatic rings. The Bertz CT molecular complexity index is 500. The second-order valence-electron chi connectivity index (χ2n) is 6.35. The summed E-state index contributed by atoms with van der Waals surface area (Å²) in [5.74, 6) is 0. The summed E-state index contributed by atoms with van der Waals surface area (Å²) in [5, 5.41) is 10.5. The van der Waals surface area contributed by atoms with Crippen LogP contribution < -0.4 is 5.73 Å². The lowest BCUT2D eigenvalue weighted by molar-refractivity contribution is -0.113. The number of rotatable bonds is 2. The number of aliphatic hydroxyl groups is 1. The molecule has 0 bridgehead atoms. The SMILES string of the molecule is Cn1cncc1C(N)C1(O)CN(C(=O)OC(C)(C)C)C1. The summed E-state index contributed by atoms with van der Waals surface area (Å²) in [6, 6.07) is -0.589. The second-order valence-corrected chi connectivity index (χ2v) is 6.35. The van der Waals surface area contributed by atoms with Crippen molar-refractivity contribution in [1.82, 2.24) is 14.5 Å². The molecule has 1 aromatic heterocycles. The molecule has 2 heterocycles. The van der Waals surface area contributed by atoms with Gasteiger partial charge in [0.2, 0.25) is 0 Å². The van der Waals surface area contributed by atoms with E-state index in [9.17, 15) is 9.90 Å². The van der Waals surface area contributed by atoms with E-state index in [-0.39, 0.29) is 13.1 Å². The van der Waals surface area contributed by atoms with E-state index in [0.717, 1.165) is 5.69 Å². The van der Waals surface area contributed by atoms with Crippen molar-refractivity contribution >= 4 is 6.09 Å². The third kappa shape index (κ3) is 2.78. The molecule has 1 aromatic rings. The topological polar surface area (TPSA) is 93.6 Å². The van der Waals surface area contributed by atoms with Gasteiger partial charge in [-0.1, -0.05) is 0 Å². The number of carbonyl (C=O) groups is 1. The fourth-order valence-corrected chi connectivity index (χ4v) is 2.21. The number of β-amino-alcohol motifs (C(OH)–C–C–N with tert-alkyl or cyclic N) is 1. The average molecular weight is 282 g/mol. The fraction of sp³-hybridized carbons (Fsp3) is 0.692. The van der Waals surface area contributed by atoms with E-state index in [0.29, 0.717) is 0 Å². The van der Waals surface area contributed by atoms with Crippen molar-refractivity contribution in [1.29, 1.82) is 0 Å². The lowest BCUT2D eigenvalue weighted by Gasteiger charge is -2.49. The molecular weight excluding hydrogens is 260 g/mol. The summed E-state index contributed by atoms with van der Waals surface area (Å²) < 4.78 is 7.01. The maximum atomic E-state index is 11.8. The van der Waals surface area contributed by atoms with Crippen LogP contribution in [0, 0.1) is 0 Å². The van der Waals surface area contributed by atoms with Crippen LogP contribution in [0.15, 0.2) is 12.5 Å². The van der Waals surface area contributed by atoms with Gasteiger partial charge in [0.1, 0.15) is 11.2 Å². The van der Waals surface area contributed by atoms with Crippen LogP contribution in [0.3, 0.4) is 0 Å². The Labute approximate surface area is 118 Å². The molecule has 1 aliphatic heterocycles. The van der Waals surface area contributed by atoms with Crippen molar-refractivity contribution in [3.63, 3.8) is 0 Å². The van der Waals surface area contributed by atoms with Crippen molar-refractivity contribution in [3.05, 3.63) is 18.2 Å². The molecule has 112 valence electrons. The number of carbonyl (C=O) groups excluding carboxylic acids is 1. The van der Waals surface area contributed by atoms with E-state index in [2.05, 4.69) is 4.98 Å². The number of hydrogen-bond acceptors (Lipinski definition) is 5. The van der Waals surface area contributed by atoms with Gasteiger partial charge < -0.3 is 25.0 Å². The average Bonchev–Trinajstić information content (AvgIpc) is 2.67. The largest absolute Gasteiger partial charge is 0.444 e. The van der Waals surface area contributed by atoms with E-state index in [1.165, 1.54) is 4.90 Å². The van der Waals surface area contributed by atoms with Crippen LogP contribution in [0.1, 0.15) is 32.5 Å². The lowest BCUT2D eigenvalue weighted by Crippen LogP contribution is -2.68. The first kappa shape index (κ1) is 14.8. The number of ether oxygens (including phenoxy) is 1. The monoisotopic (exact) mass is 282 g/mol. The van der Waals surface area contributed by atoms with Crippen LogP contribution in [0.4, 0.5) is 4.79 Å². The summed E-state index contributed by atoms with van der Waals surface area (Å²) in [6.45, 7) is 5.73. The fourth-order valence-electron chi connectivity index (χ4n) is 2.21. The predicted molar refractivity (Wildman–Crippen MR) is 72.9 cm³/mol. The van der Waals surface area contributed by atoms with Crippen LogP contribution in [0.25, 0.3) is 0 Å². The number of aromatic nitrogens is 2. The third-order valence-corrected chi connectivity index (χ3v) is 3.33. The van der Waals surface area contributed by atoms with Crippen LogP contribution >= 0.6 is 0 Å². The van der Waals surface area contributed by atoms with Crippen molar-refractivity contribution in [2.45, 2.75) is 38.0 Å². The number of likely N-dealkylation sites (tertiary alicyclic amines) is 1. The Morgan fingerprint density at radius 2 is 2.15 bits per heavy atom. The van der Waals surface area contributed by atoms with Gasteiger partial charge in [0.05, 0.1) is 31.2 Å². The summed E-state index contributed by atoms with van der Waals surface area (Å²) in [4.78, 5) is 17.3. The highest BCUT2D eigenvalue weighted by Gasteiger charge is 2.50. The summed E-state index contributed by atoms with van der Waals surface area (Å²) in [7, 11) is 1.82. The molecule has 0 radical (unpaired) electrons. The summed E-state index contributed by atoms with van der Waals surface area (Å²) in [5.41, 5.74) is 5.13. The van der Waals surface area contributed by atoms with Gasteiger partial charge in [0.15, 0.2) is 0 Å². The summed E-state index contributed by atoms with van der Waals surface area (Å²) in [6.07, 6.45) is 2.82. The van der Waals surface area contributed by atoms with E-state index >= 15 is 0 Å². The molecule has 0 aromatic carbocycles. The maximum absolute atomic E-state index is 11.8. The molecule has 0 saturated carbocycles. The second kappa shape index (κ2) is 4.75. The quantitative estimate of drug-likeness (QED) is 0.819. The number of amides is 1. The van der Waals surface area contributed by atoms with Crippen molar-refractivity contribution in [2.75, 3.05) is 13.1 Å². The van der Waals surface area contributed by atoms with Crippen molar-refractivity contribution in [3.8, 4) is 0 Å². The molecule has 1 unspecified atom stereocenters. The van der Waals surface area contributed by atoms with Gasteiger partial charge in [0.25, 0.3) is 0 Å². The minimum Gasteiger partial charge on any atom is -0.444 e. The zero-order valence-electron chi connectivity index (χ0n) is 12.3. The molecule has 2 rings (SSSR count). The molecule has 0 spiro atoms. The van der Waals surface area contributed by atoms with E-state index in [1.807, 2.05) is 7.05 Å². The molecule has 1 atom stereocenters. The van der Waals surface area contributed by atoms with Crippen LogP contribution in [0.5, 0.6) is 0 Å². The first-order chi connectivity index (χ1) is 9.12. The molecule has 1 fully saturated rings. The Balaban J connectivity index is 1.97. The van der Waals surface area contributed by atoms with Crippen molar-refractivity contribution in [2.24, 2.45) is 12.8 Å². The van der Waals surface area contributed by atoms with Crippen LogP contribution in [-0.4, -0.2) is 49.9 Å². The highest BCUT2D eigenvalue weighted by atomic mass is 16.6. The molecule has 3 N–H and O–H groups in total. The van der Waals surface area contributed by atoms with Gasteiger partial charge >= 0.3 is 6.09 Å². The Morgan fingerprint density at radius 3 is 2.60 bits per heavy atom. The first-order valence-corrected chi connectivity index (χ1v) is 6.54. The van der Waals surface area contributed by atoms with Gasteiger partial charge in [-0.25, -0.2) is 9.78 Å². The van der Waals surface area contributed by atoms with Gasteiger partial charge in [-0.3, -0.25) is 0 Å². The molecule has 20 heavy (non-hydrogen) atoms. The van der Waals surface area contributed by atoms with Crippen LogP contribution in [-0.2, 0) is 11.8 Å². The molecule has 0 aliphatic carbocycles. The number of nitrogens with zero attached hydrogens (tertiary/aromatic N) is 3. The number of imidazole rings is 1. The Kier molecular flexibility index (Phi) is 3.51. The highest BCUT2D eigenvalue weighted by molar-refractivity contribution is 5.69. The molecule has 1 amide bonds. The van der Waals surface area contributed by atoms with E-state index < -0.39 is 23.3 Å². The molecule has 7 nitrogen and oxygen atoms in total. The van der Waals surface area contributed by atoms with Gasteiger partial charge in [-0.15, -0.1) is 0 Å².